The van der Waals surface area contributed by atoms with E-state index < -0.39 is 0 Å². The van der Waals surface area contributed by atoms with Gasteiger partial charge < -0.3 is 5.11 Å². The van der Waals surface area contributed by atoms with Crippen molar-refractivity contribution < 1.29 is 5.11 Å². The van der Waals surface area contributed by atoms with E-state index in [1.54, 1.807) is 0 Å². The second kappa shape index (κ2) is 7.25. The number of fused-ring (bicyclic) bond motifs is 5. The Labute approximate surface area is 180 Å². The minimum Gasteiger partial charge on any atom is -0.393 e. The minimum absolute atomic E-state index is 0.00211. The summed E-state index contributed by atoms with van der Waals surface area (Å²) in [6.07, 6.45) is 15.4. The molecule has 0 radical (unpaired) electrons. The van der Waals surface area contributed by atoms with Crippen LogP contribution in [0, 0.1) is 64.1 Å². The summed E-state index contributed by atoms with van der Waals surface area (Å²) in [4.78, 5) is 0. The van der Waals surface area contributed by atoms with Crippen LogP contribution in [0.3, 0.4) is 0 Å². The van der Waals surface area contributed by atoms with E-state index in [1.165, 1.54) is 57.8 Å². The Balaban J connectivity index is 1.32. The van der Waals surface area contributed by atoms with Gasteiger partial charge in [0.05, 0.1) is 6.10 Å². The van der Waals surface area contributed by atoms with Crippen LogP contribution in [-0.4, -0.2) is 11.2 Å². The Morgan fingerprint density at radius 2 is 1.48 bits per heavy atom. The molecule has 1 heteroatoms. The largest absolute Gasteiger partial charge is 0.393 e. The monoisotopic (exact) mass is 400 g/mol. The van der Waals surface area contributed by atoms with Crippen molar-refractivity contribution in [2.75, 3.05) is 0 Å². The van der Waals surface area contributed by atoms with Crippen molar-refractivity contribution in [1.82, 2.24) is 0 Å². The van der Waals surface area contributed by atoms with Gasteiger partial charge in [0.1, 0.15) is 0 Å². The van der Waals surface area contributed by atoms with E-state index in [2.05, 4.69) is 34.6 Å². The van der Waals surface area contributed by atoms with Crippen LogP contribution < -0.4 is 0 Å². The van der Waals surface area contributed by atoms with Crippen molar-refractivity contribution in [2.24, 2.45) is 64.1 Å². The fourth-order valence-electron chi connectivity index (χ4n) is 10.3. The molecule has 0 aromatic carbocycles. The molecule has 5 aliphatic rings. The summed E-state index contributed by atoms with van der Waals surface area (Å²) in [6.45, 7) is 12.8. The maximum absolute atomic E-state index is 10.4. The second-order valence-corrected chi connectivity index (χ2v) is 13.4. The summed E-state index contributed by atoms with van der Waals surface area (Å²) in [5.74, 6) is 8.56. The first kappa shape index (κ1) is 20.8. The van der Waals surface area contributed by atoms with Gasteiger partial charge in [-0.3, -0.25) is 0 Å². The number of rotatable bonds is 5. The molecule has 5 aliphatic carbocycles. The van der Waals surface area contributed by atoms with Crippen LogP contribution in [-0.2, 0) is 0 Å². The summed E-state index contributed by atoms with van der Waals surface area (Å²) in [5.41, 5.74) is 1.18. The van der Waals surface area contributed by atoms with Gasteiger partial charge >= 0.3 is 0 Å². The smallest absolute Gasteiger partial charge is 0.0543 e. The topological polar surface area (TPSA) is 20.2 Å². The van der Waals surface area contributed by atoms with E-state index in [1.807, 2.05) is 0 Å². The highest BCUT2D eigenvalue weighted by atomic mass is 16.3. The molecule has 1 N–H and O–H groups in total. The first-order chi connectivity index (χ1) is 13.8. The molecule has 0 saturated heterocycles. The number of hydrogen-bond acceptors (Lipinski definition) is 1. The summed E-state index contributed by atoms with van der Waals surface area (Å²) in [7, 11) is 0. The first-order valence-corrected chi connectivity index (χ1v) is 13.4. The molecule has 0 spiro atoms. The molecule has 166 valence electrons. The van der Waals surface area contributed by atoms with Crippen molar-refractivity contribution in [1.29, 1.82) is 0 Å². The Kier molecular flexibility index (Phi) is 5.21. The highest BCUT2D eigenvalue weighted by molar-refractivity contribution is 5.18. The van der Waals surface area contributed by atoms with Gasteiger partial charge in [-0.05, 0) is 115 Å². The van der Waals surface area contributed by atoms with Crippen molar-refractivity contribution >= 4 is 0 Å². The molecule has 0 aliphatic heterocycles. The third-order valence-electron chi connectivity index (χ3n) is 11.7. The summed E-state index contributed by atoms with van der Waals surface area (Å²) in [6, 6.07) is 0. The van der Waals surface area contributed by atoms with Crippen LogP contribution in [0.2, 0.25) is 0 Å². The summed E-state index contributed by atoms with van der Waals surface area (Å²) < 4.78 is 0. The lowest BCUT2D eigenvalue weighted by atomic mass is 9.48. The van der Waals surface area contributed by atoms with Crippen molar-refractivity contribution in [2.45, 2.75) is 111 Å². The van der Waals surface area contributed by atoms with E-state index in [4.69, 9.17) is 0 Å². The van der Waals surface area contributed by atoms with E-state index in [0.29, 0.717) is 10.8 Å². The van der Waals surface area contributed by atoms with Crippen LogP contribution in [0.25, 0.3) is 0 Å². The van der Waals surface area contributed by atoms with Crippen LogP contribution >= 0.6 is 0 Å². The third-order valence-corrected chi connectivity index (χ3v) is 11.7. The molecule has 5 saturated carbocycles. The first-order valence-electron chi connectivity index (χ1n) is 13.4. The predicted molar refractivity (Wildman–Crippen MR) is 121 cm³/mol. The van der Waals surface area contributed by atoms with Crippen LogP contribution in [0.15, 0.2) is 0 Å². The average Bonchev–Trinajstić information content (AvgIpc) is 3.25. The maximum atomic E-state index is 10.4. The molecule has 5 rings (SSSR count). The summed E-state index contributed by atoms with van der Waals surface area (Å²) >= 11 is 0. The molecule has 11 unspecified atom stereocenters. The van der Waals surface area contributed by atoms with E-state index in [0.717, 1.165) is 66.1 Å². The fourth-order valence-corrected chi connectivity index (χ4v) is 10.3. The lowest BCUT2D eigenvalue weighted by molar-refractivity contribution is -0.0846. The zero-order valence-corrected chi connectivity index (χ0v) is 20.0. The molecule has 0 aromatic heterocycles. The highest BCUT2D eigenvalue weighted by Crippen LogP contribution is 2.76. The second-order valence-electron chi connectivity index (χ2n) is 13.4. The molecule has 0 aromatic rings. The van der Waals surface area contributed by atoms with Gasteiger partial charge in [-0.15, -0.1) is 0 Å². The lowest BCUT2D eigenvalue weighted by Crippen LogP contribution is -2.50. The number of hydrogen-bond donors (Lipinski definition) is 1. The number of aliphatic hydroxyl groups is 1. The van der Waals surface area contributed by atoms with Gasteiger partial charge in [-0.2, -0.15) is 0 Å². The van der Waals surface area contributed by atoms with Crippen LogP contribution in [0.1, 0.15) is 105 Å². The molecule has 0 bridgehead atoms. The Hall–Kier alpha value is -0.0400. The molecule has 0 heterocycles. The predicted octanol–water partition coefficient (Wildman–Crippen LogP) is 7.32. The summed E-state index contributed by atoms with van der Waals surface area (Å²) in [5, 5.41) is 10.4. The lowest BCUT2D eigenvalue weighted by Gasteiger charge is -2.57. The average molecular weight is 401 g/mol. The van der Waals surface area contributed by atoms with Gasteiger partial charge in [0, 0.05) is 0 Å². The molecule has 1 nitrogen and oxygen atoms in total. The van der Waals surface area contributed by atoms with Gasteiger partial charge in [0.25, 0.3) is 0 Å². The molecular weight excluding hydrogens is 352 g/mol. The van der Waals surface area contributed by atoms with Gasteiger partial charge in [-0.25, -0.2) is 0 Å². The normalized spacial score (nSPS) is 54.3. The molecule has 5 fully saturated rings. The zero-order chi connectivity index (χ0) is 20.6. The van der Waals surface area contributed by atoms with Crippen molar-refractivity contribution in [3.8, 4) is 0 Å². The quantitative estimate of drug-likeness (QED) is 0.512. The zero-order valence-electron chi connectivity index (χ0n) is 20.0. The molecule has 11 atom stereocenters. The minimum atomic E-state index is 0.00211. The van der Waals surface area contributed by atoms with Gasteiger partial charge in [0.2, 0.25) is 0 Å². The third kappa shape index (κ3) is 3.18. The van der Waals surface area contributed by atoms with Crippen molar-refractivity contribution in [3.05, 3.63) is 0 Å². The van der Waals surface area contributed by atoms with Crippen LogP contribution in [0.5, 0.6) is 0 Å². The molecule has 0 amide bonds. The Bertz CT molecular complexity index is 611. The van der Waals surface area contributed by atoms with E-state index >= 15 is 0 Å². The SMILES string of the molecule is CC(C)CCCC(C)C1CCC2C3CC4C5CC(O)CCC(C)(C3CCC12C)C54. The van der Waals surface area contributed by atoms with E-state index in [-0.39, 0.29) is 6.10 Å². The Morgan fingerprint density at radius 1 is 0.793 bits per heavy atom. The fraction of sp³-hybridized carbons (Fsp3) is 1.00. The molecule has 29 heavy (non-hydrogen) atoms. The van der Waals surface area contributed by atoms with E-state index in [9.17, 15) is 5.11 Å². The van der Waals surface area contributed by atoms with Gasteiger partial charge in [-0.1, -0.05) is 53.9 Å². The van der Waals surface area contributed by atoms with Gasteiger partial charge in [0.15, 0.2) is 0 Å². The van der Waals surface area contributed by atoms with Crippen LogP contribution in [0.4, 0.5) is 0 Å². The van der Waals surface area contributed by atoms with Crippen molar-refractivity contribution in [3.63, 3.8) is 0 Å². The highest BCUT2D eigenvalue weighted by Gasteiger charge is 2.69. The standard InChI is InChI=1S/C28H48O/c1-17(2)7-6-8-18(3)23-9-10-24-22-16-21-20-15-19(29)11-13-28(5,26(20)21)25(22)12-14-27(23,24)4/h17-26,29H,6-16H2,1-5H3. The number of aliphatic hydroxyl groups excluding tert-OH is 1. The maximum Gasteiger partial charge on any atom is 0.0543 e. The Morgan fingerprint density at radius 3 is 2.24 bits per heavy atom. The molecular formula is C28H48O.